The van der Waals surface area contributed by atoms with E-state index in [-0.39, 0.29) is 5.91 Å². The van der Waals surface area contributed by atoms with Gasteiger partial charge in [0.15, 0.2) is 0 Å². The van der Waals surface area contributed by atoms with Crippen LogP contribution < -0.4 is 5.32 Å². The number of amides is 1. The van der Waals surface area contributed by atoms with Crippen molar-refractivity contribution in [3.05, 3.63) is 33.8 Å². The number of halogens is 2. The standard InChI is InChI=1S/C13H17Cl2NO2/c1-18-8-2-7-16-13(17)6-4-10-3-5-11(14)12(15)9-10/h3,5,9H,2,4,6-8H2,1H3,(H,16,17). The summed E-state index contributed by atoms with van der Waals surface area (Å²) in [6.45, 7) is 1.31. The summed E-state index contributed by atoms with van der Waals surface area (Å²) >= 11 is 11.7. The number of aryl methyl sites for hydroxylation is 1. The molecule has 0 aromatic heterocycles. The molecule has 1 amide bonds. The molecule has 0 saturated heterocycles. The van der Waals surface area contributed by atoms with Gasteiger partial charge in [0, 0.05) is 26.7 Å². The molecule has 0 atom stereocenters. The van der Waals surface area contributed by atoms with E-state index in [1.165, 1.54) is 0 Å². The van der Waals surface area contributed by atoms with Crippen molar-refractivity contribution in [2.75, 3.05) is 20.3 Å². The van der Waals surface area contributed by atoms with Gasteiger partial charge in [-0.15, -0.1) is 0 Å². The van der Waals surface area contributed by atoms with Crippen LogP contribution in [0.3, 0.4) is 0 Å². The maximum atomic E-state index is 11.5. The summed E-state index contributed by atoms with van der Waals surface area (Å²) in [5.41, 5.74) is 1.01. The van der Waals surface area contributed by atoms with Gasteiger partial charge in [-0.1, -0.05) is 29.3 Å². The highest BCUT2D eigenvalue weighted by atomic mass is 35.5. The van der Waals surface area contributed by atoms with Crippen molar-refractivity contribution >= 4 is 29.1 Å². The monoisotopic (exact) mass is 289 g/mol. The maximum Gasteiger partial charge on any atom is 0.220 e. The molecule has 1 aromatic carbocycles. The van der Waals surface area contributed by atoms with Crippen molar-refractivity contribution in [2.45, 2.75) is 19.3 Å². The van der Waals surface area contributed by atoms with E-state index in [9.17, 15) is 4.79 Å². The Morgan fingerprint density at radius 2 is 2.11 bits per heavy atom. The van der Waals surface area contributed by atoms with Crippen LogP contribution in [0.4, 0.5) is 0 Å². The molecular formula is C13H17Cl2NO2. The first kappa shape index (κ1) is 15.3. The second-order valence-electron chi connectivity index (χ2n) is 3.94. The van der Waals surface area contributed by atoms with Crippen molar-refractivity contribution in [3.63, 3.8) is 0 Å². The lowest BCUT2D eigenvalue weighted by molar-refractivity contribution is -0.121. The summed E-state index contributed by atoms with van der Waals surface area (Å²) in [5.74, 6) is 0.0391. The summed E-state index contributed by atoms with van der Waals surface area (Å²) in [5, 5.41) is 3.89. The highest BCUT2D eigenvalue weighted by molar-refractivity contribution is 6.42. The number of carbonyl (C=O) groups excluding carboxylic acids is 1. The van der Waals surface area contributed by atoms with Gasteiger partial charge in [0.1, 0.15) is 0 Å². The van der Waals surface area contributed by atoms with Crippen LogP contribution in [0.2, 0.25) is 10.0 Å². The molecule has 18 heavy (non-hydrogen) atoms. The topological polar surface area (TPSA) is 38.3 Å². The Morgan fingerprint density at radius 3 is 2.78 bits per heavy atom. The maximum absolute atomic E-state index is 11.5. The minimum absolute atomic E-state index is 0.0391. The van der Waals surface area contributed by atoms with Gasteiger partial charge >= 0.3 is 0 Å². The second-order valence-corrected chi connectivity index (χ2v) is 4.76. The Hall–Kier alpha value is -0.770. The zero-order valence-electron chi connectivity index (χ0n) is 10.3. The van der Waals surface area contributed by atoms with Gasteiger partial charge in [-0.25, -0.2) is 0 Å². The number of ether oxygens (including phenoxy) is 1. The van der Waals surface area contributed by atoms with Crippen molar-refractivity contribution in [3.8, 4) is 0 Å². The number of rotatable bonds is 7. The molecule has 0 heterocycles. The molecule has 0 spiro atoms. The van der Waals surface area contributed by atoms with Crippen LogP contribution in [0.25, 0.3) is 0 Å². The van der Waals surface area contributed by atoms with Crippen molar-refractivity contribution < 1.29 is 9.53 Å². The molecule has 1 N–H and O–H groups in total. The first-order valence-electron chi connectivity index (χ1n) is 5.83. The smallest absolute Gasteiger partial charge is 0.220 e. The number of benzene rings is 1. The molecular weight excluding hydrogens is 273 g/mol. The van der Waals surface area contributed by atoms with E-state index in [1.54, 1.807) is 19.2 Å². The average molecular weight is 290 g/mol. The van der Waals surface area contributed by atoms with E-state index in [1.807, 2.05) is 6.07 Å². The zero-order valence-corrected chi connectivity index (χ0v) is 11.9. The highest BCUT2D eigenvalue weighted by Crippen LogP contribution is 2.23. The lowest BCUT2D eigenvalue weighted by Crippen LogP contribution is -2.25. The Kier molecular flexibility index (Phi) is 7.09. The van der Waals surface area contributed by atoms with Crippen LogP contribution in [0.5, 0.6) is 0 Å². The molecule has 0 aliphatic rings. The first-order chi connectivity index (χ1) is 8.63. The van der Waals surface area contributed by atoms with E-state index in [0.29, 0.717) is 36.0 Å². The van der Waals surface area contributed by atoms with Crippen LogP contribution in [0.1, 0.15) is 18.4 Å². The highest BCUT2D eigenvalue weighted by Gasteiger charge is 2.03. The third kappa shape index (κ3) is 5.71. The molecule has 0 unspecified atom stereocenters. The van der Waals surface area contributed by atoms with Crippen LogP contribution >= 0.6 is 23.2 Å². The van der Waals surface area contributed by atoms with Crippen molar-refractivity contribution in [1.29, 1.82) is 0 Å². The van der Waals surface area contributed by atoms with Gasteiger partial charge in [-0.3, -0.25) is 4.79 Å². The number of nitrogens with one attached hydrogen (secondary N) is 1. The van der Waals surface area contributed by atoms with Gasteiger partial charge in [0.25, 0.3) is 0 Å². The Bertz CT molecular complexity index is 397. The van der Waals surface area contributed by atoms with E-state index < -0.39 is 0 Å². The van der Waals surface area contributed by atoms with Crippen LogP contribution in [0.15, 0.2) is 18.2 Å². The normalized spacial score (nSPS) is 10.4. The first-order valence-corrected chi connectivity index (χ1v) is 6.58. The number of hydrogen-bond donors (Lipinski definition) is 1. The van der Waals surface area contributed by atoms with E-state index in [2.05, 4.69) is 5.32 Å². The molecule has 100 valence electrons. The quantitative estimate of drug-likeness (QED) is 0.784. The SMILES string of the molecule is COCCCNC(=O)CCc1ccc(Cl)c(Cl)c1. The van der Waals surface area contributed by atoms with Crippen LogP contribution in [-0.4, -0.2) is 26.2 Å². The average Bonchev–Trinajstić information content (AvgIpc) is 2.36. The van der Waals surface area contributed by atoms with Gasteiger partial charge in [-0.2, -0.15) is 0 Å². The molecule has 0 aliphatic carbocycles. The number of methoxy groups -OCH3 is 1. The second kappa shape index (κ2) is 8.35. The molecule has 0 bridgehead atoms. The Labute approximate surface area is 117 Å². The molecule has 3 nitrogen and oxygen atoms in total. The molecule has 0 radical (unpaired) electrons. The largest absolute Gasteiger partial charge is 0.385 e. The number of carbonyl (C=O) groups is 1. The van der Waals surface area contributed by atoms with E-state index in [4.69, 9.17) is 27.9 Å². The predicted molar refractivity (Wildman–Crippen MR) is 74.3 cm³/mol. The van der Waals surface area contributed by atoms with Gasteiger partial charge in [0.2, 0.25) is 5.91 Å². The molecule has 1 rings (SSSR count). The van der Waals surface area contributed by atoms with Crippen molar-refractivity contribution in [2.24, 2.45) is 0 Å². The Balaban J connectivity index is 2.27. The zero-order chi connectivity index (χ0) is 13.4. The fourth-order valence-electron chi connectivity index (χ4n) is 1.49. The third-order valence-electron chi connectivity index (χ3n) is 2.47. The fourth-order valence-corrected chi connectivity index (χ4v) is 1.81. The lowest BCUT2D eigenvalue weighted by Gasteiger charge is -2.05. The van der Waals surface area contributed by atoms with Gasteiger partial charge < -0.3 is 10.1 Å². The minimum Gasteiger partial charge on any atom is -0.385 e. The summed E-state index contributed by atoms with van der Waals surface area (Å²) in [7, 11) is 1.64. The summed E-state index contributed by atoms with van der Waals surface area (Å²) < 4.78 is 4.90. The van der Waals surface area contributed by atoms with Crippen molar-refractivity contribution in [1.82, 2.24) is 5.32 Å². The number of hydrogen-bond acceptors (Lipinski definition) is 2. The van der Waals surface area contributed by atoms with Crippen LogP contribution in [0, 0.1) is 0 Å². The fraction of sp³-hybridized carbons (Fsp3) is 0.462. The lowest BCUT2D eigenvalue weighted by atomic mass is 10.1. The van der Waals surface area contributed by atoms with E-state index in [0.717, 1.165) is 12.0 Å². The predicted octanol–water partition coefficient (Wildman–Crippen LogP) is 3.08. The Morgan fingerprint density at radius 1 is 1.33 bits per heavy atom. The molecule has 5 heteroatoms. The van der Waals surface area contributed by atoms with E-state index >= 15 is 0 Å². The third-order valence-corrected chi connectivity index (χ3v) is 3.21. The molecule has 0 aliphatic heterocycles. The summed E-state index contributed by atoms with van der Waals surface area (Å²) in [4.78, 5) is 11.5. The van der Waals surface area contributed by atoms with Crippen LogP contribution in [-0.2, 0) is 16.0 Å². The summed E-state index contributed by atoms with van der Waals surface area (Å²) in [6.07, 6.45) is 1.94. The molecule has 0 saturated carbocycles. The molecule has 1 aromatic rings. The molecule has 0 fully saturated rings. The minimum atomic E-state index is 0.0391. The summed E-state index contributed by atoms with van der Waals surface area (Å²) in [6, 6.07) is 5.42. The van der Waals surface area contributed by atoms with Gasteiger partial charge in [0.05, 0.1) is 10.0 Å². The van der Waals surface area contributed by atoms with Gasteiger partial charge in [-0.05, 0) is 30.5 Å².